The van der Waals surface area contributed by atoms with Gasteiger partial charge in [-0.2, -0.15) is 0 Å². The fourth-order valence-electron chi connectivity index (χ4n) is 3.01. The predicted molar refractivity (Wildman–Crippen MR) is 97.8 cm³/mol. The third kappa shape index (κ3) is 4.40. The Labute approximate surface area is 152 Å². The second-order valence-electron chi connectivity index (χ2n) is 6.09. The van der Waals surface area contributed by atoms with Crippen molar-refractivity contribution in [1.29, 1.82) is 0 Å². The summed E-state index contributed by atoms with van der Waals surface area (Å²) in [5.41, 5.74) is 1.68. The van der Waals surface area contributed by atoms with Gasteiger partial charge in [-0.1, -0.05) is 42.5 Å². The van der Waals surface area contributed by atoms with Crippen molar-refractivity contribution in [2.75, 3.05) is 25.6 Å². The smallest absolute Gasteiger partial charge is 0.323 e. The van der Waals surface area contributed by atoms with E-state index in [1.165, 1.54) is 0 Å². The molecule has 2 aromatic rings. The molecule has 1 fully saturated rings. The minimum atomic E-state index is -0.598. The van der Waals surface area contributed by atoms with Gasteiger partial charge in [0.25, 0.3) is 0 Å². The van der Waals surface area contributed by atoms with Crippen LogP contribution in [0.3, 0.4) is 0 Å². The van der Waals surface area contributed by atoms with Gasteiger partial charge < -0.3 is 14.8 Å². The second-order valence-corrected chi connectivity index (χ2v) is 6.09. The van der Waals surface area contributed by atoms with Gasteiger partial charge in [0.1, 0.15) is 18.4 Å². The highest BCUT2D eigenvalue weighted by atomic mass is 16.5. The number of cyclic esters (lactones) is 1. The van der Waals surface area contributed by atoms with Crippen LogP contribution in [0.25, 0.3) is 0 Å². The third-order valence-electron chi connectivity index (χ3n) is 4.32. The minimum Gasteiger partial charge on any atom is -0.495 e. The summed E-state index contributed by atoms with van der Waals surface area (Å²) in [5.74, 6) is -0.0352. The van der Waals surface area contributed by atoms with Gasteiger partial charge in [0.15, 0.2) is 0 Å². The highest BCUT2D eigenvalue weighted by molar-refractivity contribution is 5.95. The van der Waals surface area contributed by atoms with Crippen molar-refractivity contribution in [3.05, 3.63) is 60.2 Å². The first kappa shape index (κ1) is 17.9. The highest BCUT2D eigenvalue weighted by Crippen LogP contribution is 2.24. The summed E-state index contributed by atoms with van der Waals surface area (Å²) >= 11 is 0. The second kappa shape index (κ2) is 8.49. The van der Waals surface area contributed by atoms with Crippen molar-refractivity contribution in [1.82, 2.24) is 4.90 Å². The van der Waals surface area contributed by atoms with Crippen molar-refractivity contribution < 1.29 is 19.1 Å². The summed E-state index contributed by atoms with van der Waals surface area (Å²) in [7, 11) is 1.55. The number of ether oxygens (including phenoxy) is 2. The van der Waals surface area contributed by atoms with E-state index in [4.69, 9.17) is 9.47 Å². The Balaban J connectivity index is 1.68. The summed E-state index contributed by atoms with van der Waals surface area (Å²) in [6.45, 7) is 1.55. The fourth-order valence-corrected chi connectivity index (χ4v) is 3.01. The van der Waals surface area contributed by atoms with Gasteiger partial charge in [-0.05, 0) is 17.7 Å². The Morgan fingerprint density at radius 2 is 1.92 bits per heavy atom. The number of nitrogens with zero attached hydrogens (tertiary/aromatic N) is 1. The van der Waals surface area contributed by atoms with Gasteiger partial charge >= 0.3 is 5.97 Å². The average molecular weight is 354 g/mol. The maximum Gasteiger partial charge on any atom is 0.323 e. The van der Waals surface area contributed by atoms with Crippen LogP contribution in [0.1, 0.15) is 12.0 Å². The van der Waals surface area contributed by atoms with Crippen molar-refractivity contribution in [2.45, 2.75) is 19.0 Å². The number of nitrogens with one attached hydrogen (secondary N) is 1. The van der Waals surface area contributed by atoms with E-state index in [1.807, 2.05) is 47.4 Å². The molecule has 6 nitrogen and oxygen atoms in total. The first-order chi connectivity index (χ1) is 12.7. The van der Waals surface area contributed by atoms with E-state index >= 15 is 0 Å². The topological polar surface area (TPSA) is 67.9 Å². The molecular formula is C20H22N2O4. The predicted octanol–water partition coefficient (Wildman–Crippen LogP) is 2.45. The van der Waals surface area contributed by atoms with E-state index in [-0.39, 0.29) is 18.3 Å². The molecule has 1 heterocycles. The first-order valence-corrected chi connectivity index (χ1v) is 8.55. The first-order valence-electron chi connectivity index (χ1n) is 8.55. The number of rotatable bonds is 6. The molecule has 136 valence electrons. The summed E-state index contributed by atoms with van der Waals surface area (Å²) < 4.78 is 10.4. The number of benzene rings is 2. The number of hydrogen-bond acceptors (Lipinski definition) is 5. The molecule has 1 aliphatic rings. The lowest BCUT2D eigenvalue weighted by atomic mass is 10.1. The summed E-state index contributed by atoms with van der Waals surface area (Å²) in [5, 5.41) is 2.82. The summed E-state index contributed by atoms with van der Waals surface area (Å²) in [6.07, 6.45) is 0.0315. The zero-order valence-corrected chi connectivity index (χ0v) is 14.7. The van der Waals surface area contributed by atoms with Crippen LogP contribution in [0.15, 0.2) is 54.6 Å². The van der Waals surface area contributed by atoms with Crippen LogP contribution in [0, 0.1) is 0 Å². The molecule has 0 aliphatic carbocycles. The number of amides is 1. The summed E-state index contributed by atoms with van der Waals surface area (Å²) in [4.78, 5) is 26.7. The number of para-hydroxylation sites is 2. The highest BCUT2D eigenvalue weighted by Gasteiger charge is 2.33. The van der Waals surface area contributed by atoms with Crippen LogP contribution < -0.4 is 10.1 Å². The molecule has 6 heteroatoms. The Morgan fingerprint density at radius 3 is 2.69 bits per heavy atom. The Hall–Kier alpha value is -2.86. The monoisotopic (exact) mass is 354 g/mol. The number of esters is 1. The number of hydrogen-bond donors (Lipinski definition) is 1. The minimum absolute atomic E-state index is 0.0315. The van der Waals surface area contributed by atoms with Crippen molar-refractivity contribution in [2.24, 2.45) is 0 Å². The lowest BCUT2D eigenvalue weighted by Gasteiger charge is -2.33. The maximum atomic E-state index is 12.5. The number of methoxy groups -OCH3 is 1. The van der Waals surface area contributed by atoms with Crippen molar-refractivity contribution in [3.8, 4) is 5.75 Å². The Kier molecular flexibility index (Phi) is 5.86. The molecule has 3 rings (SSSR count). The molecule has 0 unspecified atom stereocenters. The Morgan fingerprint density at radius 1 is 1.19 bits per heavy atom. The molecule has 1 saturated heterocycles. The van der Waals surface area contributed by atoms with Crippen molar-refractivity contribution in [3.63, 3.8) is 0 Å². The number of morpholine rings is 1. The molecular weight excluding hydrogens is 332 g/mol. The standard InChI is InChI=1S/C20H22N2O4/c1-25-18-10-6-5-9-16(18)21-19(23)13-17-20(24)26-12-11-22(17)14-15-7-3-2-4-8-15/h2-10,17H,11-14H2,1H3,(H,21,23)/t17-/m1/s1. The number of anilines is 1. The van der Waals surface area contributed by atoms with Crippen LogP contribution in [-0.4, -0.2) is 43.1 Å². The van der Waals surface area contributed by atoms with E-state index in [0.717, 1.165) is 5.56 Å². The van der Waals surface area contributed by atoms with E-state index in [9.17, 15) is 9.59 Å². The van der Waals surface area contributed by atoms with Gasteiger partial charge in [0, 0.05) is 13.1 Å². The molecule has 0 radical (unpaired) electrons. The molecule has 1 aliphatic heterocycles. The van der Waals surface area contributed by atoms with Gasteiger partial charge in [0.05, 0.1) is 19.2 Å². The molecule has 1 N–H and O–H groups in total. The molecule has 1 amide bonds. The number of carbonyl (C=O) groups excluding carboxylic acids is 2. The molecule has 26 heavy (non-hydrogen) atoms. The molecule has 0 saturated carbocycles. The molecule has 1 atom stereocenters. The quantitative estimate of drug-likeness (QED) is 0.807. The van der Waals surface area contributed by atoms with Crippen LogP contribution >= 0.6 is 0 Å². The van der Waals surface area contributed by atoms with Gasteiger partial charge in [-0.25, -0.2) is 0 Å². The summed E-state index contributed by atoms with van der Waals surface area (Å²) in [6, 6.07) is 16.5. The third-order valence-corrected chi connectivity index (χ3v) is 4.32. The van der Waals surface area contributed by atoms with E-state index in [2.05, 4.69) is 5.32 Å². The molecule has 0 aromatic heterocycles. The van der Waals surface area contributed by atoms with E-state index in [0.29, 0.717) is 31.1 Å². The molecule has 0 bridgehead atoms. The van der Waals surface area contributed by atoms with Gasteiger partial charge in [-0.3, -0.25) is 14.5 Å². The zero-order chi connectivity index (χ0) is 18.4. The van der Waals surface area contributed by atoms with Crippen LogP contribution in [0.2, 0.25) is 0 Å². The van der Waals surface area contributed by atoms with E-state index < -0.39 is 6.04 Å². The maximum absolute atomic E-state index is 12.5. The fraction of sp³-hybridized carbons (Fsp3) is 0.300. The van der Waals surface area contributed by atoms with Crippen LogP contribution in [-0.2, 0) is 20.9 Å². The van der Waals surface area contributed by atoms with E-state index in [1.54, 1.807) is 19.2 Å². The zero-order valence-electron chi connectivity index (χ0n) is 14.7. The lowest BCUT2D eigenvalue weighted by molar-refractivity contribution is -0.159. The average Bonchev–Trinajstić information content (AvgIpc) is 2.66. The van der Waals surface area contributed by atoms with Crippen LogP contribution in [0.4, 0.5) is 5.69 Å². The van der Waals surface area contributed by atoms with Gasteiger partial charge in [-0.15, -0.1) is 0 Å². The van der Waals surface area contributed by atoms with Gasteiger partial charge in [0.2, 0.25) is 5.91 Å². The normalized spacial score (nSPS) is 17.4. The lowest BCUT2D eigenvalue weighted by Crippen LogP contribution is -2.49. The largest absolute Gasteiger partial charge is 0.495 e. The van der Waals surface area contributed by atoms with Crippen molar-refractivity contribution >= 4 is 17.6 Å². The number of carbonyl (C=O) groups is 2. The molecule has 0 spiro atoms. The van der Waals surface area contributed by atoms with Crippen LogP contribution in [0.5, 0.6) is 5.75 Å². The Bertz CT molecular complexity index is 763. The SMILES string of the molecule is COc1ccccc1NC(=O)C[C@@H]1C(=O)OCCN1Cc1ccccc1. The molecule has 2 aromatic carbocycles.